The summed E-state index contributed by atoms with van der Waals surface area (Å²) in [5.74, 6) is 0.218. The summed E-state index contributed by atoms with van der Waals surface area (Å²) in [5.41, 5.74) is 11.7. The van der Waals surface area contributed by atoms with Gasteiger partial charge >= 0.3 is 5.97 Å². The molecule has 0 saturated carbocycles. The zero-order valence-electron chi connectivity index (χ0n) is 8.19. The molecule has 0 amide bonds. The smallest absolute Gasteiger partial charge is 0.303 e. The molecule has 3 atom stereocenters. The van der Waals surface area contributed by atoms with Gasteiger partial charge in [-0.1, -0.05) is 6.42 Å². The minimum Gasteiger partial charge on any atom is -0.481 e. The van der Waals surface area contributed by atoms with E-state index in [2.05, 4.69) is 0 Å². The molecule has 0 aromatic heterocycles. The lowest BCUT2D eigenvalue weighted by atomic mass is 10.0. The molecule has 0 bridgehead atoms. The Morgan fingerprint density at radius 1 is 1.43 bits per heavy atom. The second-order valence-corrected chi connectivity index (χ2v) is 5.02. The Balaban J connectivity index is 2.10. The summed E-state index contributed by atoms with van der Waals surface area (Å²) in [6.45, 7) is 0. The minimum atomic E-state index is -0.718. The molecule has 0 aromatic rings. The van der Waals surface area contributed by atoms with Crippen molar-refractivity contribution < 1.29 is 9.90 Å². The Labute approximate surface area is 88.4 Å². The molecule has 82 valence electrons. The topological polar surface area (TPSA) is 89.3 Å². The van der Waals surface area contributed by atoms with Gasteiger partial charge in [-0.25, -0.2) is 0 Å². The molecule has 0 spiro atoms. The lowest BCUT2D eigenvalue weighted by Crippen LogP contribution is -2.43. The summed E-state index contributed by atoms with van der Waals surface area (Å²) < 4.78 is 0. The van der Waals surface area contributed by atoms with Crippen molar-refractivity contribution in [2.75, 3.05) is 5.75 Å². The molecule has 1 aliphatic rings. The number of aliphatic carboxylic acids is 1. The van der Waals surface area contributed by atoms with Crippen LogP contribution in [0.4, 0.5) is 0 Å². The fourth-order valence-electron chi connectivity index (χ4n) is 1.63. The molecule has 4 nitrogen and oxygen atoms in total. The summed E-state index contributed by atoms with van der Waals surface area (Å²) in [4.78, 5) is 10.3. The van der Waals surface area contributed by atoms with Crippen LogP contribution in [0.15, 0.2) is 0 Å². The molecule has 1 fully saturated rings. The highest BCUT2D eigenvalue weighted by molar-refractivity contribution is 8.00. The minimum absolute atomic E-state index is 0.0878. The molecule has 0 unspecified atom stereocenters. The zero-order chi connectivity index (χ0) is 10.6. The first-order valence-corrected chi connectivity index (χ1v) is 6.00. The zero-order valence-corrected chi connectivity index (χ0v) is 9.00. The molecule has 5 N–H and O–H groups in total. The standard InChI is InChI=1S/C9H18N2O2S/c10-6-5-14-7(9(6)11)3-1-2-4-8(12)13/h6-7,9H,1-5,10-11H2,(H,12,13)/t6-,7-,9+/m1/s1. The molecule has 5 heteroatoms. The van der Waals surface area contributed by atoms with Gasteiger partial charge in [0.1, 0.15) is 0 Å². The molecule has 0 radical (unpaired) electrons. The molecule has 1 saturated heterocycles. The van der Waals surface area contributed by atoms with Crippen molar-refractivity contribution in [3.63, 3.8) is 0 Å². The van der Waals surface area contributed by atoms with Crippen molar-refractivity contribution in [3.8, 4) is 0 Å². The van der Waals surface area contributed by atoms with Gasteiger partial charge in [-0.2, -0.15) is 11.8 Å². The van der Waals surface area contributed by atoms with Gasteiger partial charge in [-0.15, -0.1) is 0 Å². The molecule has 0 aliphatic carbocycles. The van der Waals surface area contributed by atoms with Gasteiger partial charge in [0, 0.05) is 29.5 Å². The third-order valence-corrected chi connectivity index (χ3v) is 4.11. The van der Waals surface area contributed by atoms with E-state index in [1.807, 2.05) is 11.8 Å². The molecular formula is C9H18N2O2S. The first-order valence-electron chi connectivity index (χ1n) is 4.96. The summed E-state index contributed by atoms with van der Waals surface area (Å²) in [5, 5.41) is 8.88. The van der Waals surface area contributed by atoms with Crippen LogP contribution in [-0.4, -0.2) is 34.2 Å². The highest BCUT2D eigenvalue weighted by atomic mass is 32.2. The van der Waals surface area contributed by atoms with Crippen LogP contribution in [0.5, 0.6) is 0 Å². The molecule has 0 aromatic carbocycles. The molecular weight excluding hydrogens is 200 g/mol. The second kappa shape index (κ2) is 5.58. The summed E-state index contributed by atoms with van der Waals surface area (Å²) in [6, 6.07) is 0.203. The Morgan fingerprint density at radius 2 is 2.14 bits per heavy atom. The highest BCUT2D eigenvalue weighted by Gasteiger charge is 2.30. The first kappa shape index (κ1) is 11.8. The van der Waals surface area contributed by atoms with Crippen LogP contribution in [0, 0.1) is 0 Å². The Morgan fingerprint density at radius 3 is 2.64 bits per heavy atom. The molecule has 14 heavy (non-hydrogen) atoms. The molecule has 1 heterocycles. The van der Waals surface area contributed by atoms with E-state index in [0.717, 1.165) is 25.0 Å². The number of nitrogens with two attached hydrogens (primary N) is 2. The SMILES string of the molecule is N[C@H]1[C@H](N)CS[C@@H]1CCCCC(=O)O. The highest BCUT2D eigenvalue weighted by Crippen LogP contribution is 2.28. The first-order chi connectivity index (χ1) is 6.61. The van der Waals surface area contributed by atoms with Crippen molar-refractivity contribution in [1.82, 2.24) is 0 Å². The Hall–Kier alpha value is -0.260. The van der Waals surface area contributed by atoms with E-state index in [9.17, 15) is 4.79 Å². The van der Waals surface area contributed by atoms with Crippen molar-refractivity contribution in [2.24, 2.45) is 11.5 Å². The molecule has 1 rings (SSSR count). The monoisotopic (exact) mass is 218 g/mol. The number of hydrogen-bond donors (Lipinski definition) is 3. The lowest BCUT2D eigenvalue weighted by molar-refractivity contribution is -0.137. The van der Waals surface area contributed by atoms with Gasteiger partial charge in [0.15, 0.2) is 0 Å². The summed E-state index contributed by atoms with van der Waals surface area (Å²) in [6.07, 6.45) is 2.93. The number of rotatable bonds is 5. The summed E-state index contributed by atoms with van der Waals surface area (Å²) in [7, 11) is 0. The fraction of sp³-hybridized carbons (Fsp3) is 0.889. The van der Waals surface area contributed by atoms with E-state index < -0.39 is 5.97 Å². The fourth-order valence-corrected chi connectivity index (χ4v) is 3.08. The average molecular weight is 218 g/mol. The number of carboxylic acids is 1. The van der Waals surface area contributed by atoms with Crippen LogP contribution in [-0.2, 0) is 4.79 Å². The van der Waals surface area contributed by atoms with Crippen LogP contribution >= 0.6 is 11.8 Å². The van der Waals surface area contributed by atoms with Crippen LogP contribution in [0.2, 0.25) is 0 Å². The van der Waals surface area contributed by atoms with Crippen LogP contribution < -0.4 is 11.5 Å². The van der Waals surface area contributed by atoms with Gasteiger partial charge in [0.25, 0.3) is 0 Å². The third kappa shape index (κ3) is 3.48. The second-order valence-electron chi connectivity index (χ2n) is 3.75. The van der Waals surface area contributed by atoms with Crippen molar-refractivity contribution >= 4 is 17.7 Å². The maximum Gasteiger partial charge on any atom is 0.303 e. The quantitative estimate of drug-likeness (QED) is 0.581. The van der Waals surface area contributed by atoms with E-state index in [1.165, 1.54) is 0 Å². The van der Waals surface area contributed by atoms with E-state index >= 15 is 0 Å². The van der Waals surface area contributed by atoms with Gasteiger partial charge in [-0.3, -0.25) is 4.79 Å². The summed E-state index contributed by atoms with van der Waals surface area (Å²) >= 11 is 1.82. The third-order valence-electron chi connectivity index (χ3n) is 2.56. The normalized spacial score (nSPS) is 32.0. The maximum absolute atomic E-state index is 10.3. The predicted octanol–water partition coefficient (Wildman–Crippen LogP) is 0.401. The number of thioether (sulfide) groups is 1. The van der Waals surface area contributed by atoms with Crippen molar-refractivity contribution in [2.45, 2.75) is 43.0 Å². The number of carbonyl (C=O) groups is 1. The van der Waals surface area contributed by atoms with E-state index in [-0.39, 0.29) is 18.5 Å². The van der Waals surface area contributed by atoms with Crippen molar-refractivity contribution in [1.29, 1.82) is 0 Å². The van der Waals surface area contributed by atoms with Gasteiger partial charge in [-0.05, 0) is 12.8 Å². The van der Waals surface area contributed by atoms with Gasteiger partial charge < -0.3 is 16.6 Å². The maximum atomic E-state index is 10.3. The van der Waals surface area contributed by atoms with Crippen LogP contribution in [0.25, 0.3) is 0 Å². The average Bonchev–Trinajstić information content (AvgIpc) is 2.43. The Kier molecular flexibility index (Phi) is 4.71. The van der Waals surface area contributed by atoms with Crippen molar-refractivity contribution in [3.05, 3.63) is 0 Å². The number of carboxylic acid groups (broad SMARTS) is 1. The van der Waals surface area contributed by atoms with Crippen LogP contribution in [0.1, 0.15) is 25.7 Å². The largest absolute Gasteiger partial charge is 0.481 e. The molecule has 1 aliphatic heterocycles. The van der Waals surface area contributed by atoms with E-state index in [4.69, 9.17) is 16.6 Å². The van der Waals surface area contributed by atoms with Gasteiger partial charge in [0.05, 0.1) is 0 Å². The van der Waals surface area contributed by atoms with E-state index in [1.54, 1.807) is 0 Å². The number of unbranched alkanes of at least 4 members (excludes halogenated alkanes) is 1. The Bertz CT molecular complexity index is 201. The number of hydrogen-bond acceptors (Lipinski definition) is 4. The van der Waals surface area contributed by atoms with E-state index in [0.29, 0.717) is 5.25 Å². The van der Waals surface area contributed by atoms with Gasteiger partial charge in [0.2, 0.25) is 0 Å². The van der Waals surface area contributed by atoms with Crippen LogP contribution in [0.3, 0.4) is 0 Å². The lowest BCUT2D eigenvalue weighted by Gasteiger charge is -2.16. The predicted molar refractivity (Wildman–Crippen MR) is 58.3 cm³/mol.